The fourth-order valence-electron chi connectivity index (χ4n) is 1.29. The van der Waals surface area contributed by atoms with E-state index in [2.05, 4.69) is 24.9 Å². The number of hydrogen-bond donors (Lipinski definition) is 1. The van der Waals surface area contributed by atoms with Gasteiger partial charge in [-0.25, -0.2) is 0 Å². The van der Waals surface area contributed by atoms with Crippen LogP contribution in [0.1, 0.15) is 0 Å². The third-order valence-electron chi connectivity index (χ3n) is 2.03. The van der Waals surface area contributed by atoms with Crippen molar-refractivity contribution in [2.75, 3.05) is 12.4 Å². The average molecular weight is 261 g/mol. The number of hydrogen-bond acceptors (Lipinski definition) is 7. The number of benzene rings is 1. The summed E-state index contributed by atoms with van der Waals surface area (Å²) in [6.45, 7) is 0. The fraction of sp³-hybridized carbons (Fsp3) is 0.100. The Bertz CT molecular complexity index is 658. The van der Waals surface area contributed by atoms with Gasteiger partial charge in [0.15, 0.2) is 0 Å². The number of nitriles is 1. The zero-order valence-corrected chi connectivity index (χ0v) is 10.1. The molecule has 0 aliphatic heterocycles. The first-order valence-electron chi connectivity index (χ1n) is 4.80. The second-order valence-electron chi connectivity index (χ2n) is 3.12. The number of fused-ring (bicyclic) bond motifs is 1. The van der Waals surface area contributed by atoms with E-state index in [-0.39, 0.29) is 5.71 Å². The molecular formula is C10H7N5O2S. The quantitative estimate of drug-likeness (QED) is 0.660. The van der Waals surface area contributed by atoms with Gasteiger partial charge in [-0.15, -0.1) is 5.10 Å². The van der Waals surface area contributed by atoms with Crippen LogP contribution in [0.2, 0.25) is 0 Å². The van der Waals surface area contributed by atoms with Crippen molar-refractivity contribution >= 4 is 39.1 Å². The molecule has 0 atom stereocenters. The average Bonchev–Trinajstić information content (AvgIpc) is 2.85. The summed E-state index contributed by atoms with van der Waals surface area (Å²) in [5, 5.41) is 18.5. The lowest BCUT2D eigenvalue weighted by atomic mass is 10.3. The molecule has 1 aromatic heterocycles. The van der Waals surface area contributed by atoms with Crippen LogP contribution in [0.15, 0.2) is 23.4 Å². The fourth-order valence-corrected chi connectivity index (χ4v) is 1.92. The third kappa shape index (κ3) is 2.26. The molecule has 2 aromatic rings. The molecule has 1 amide bonds. The summed E-state index contributed by atoms with van der Waals surface area (Å²) in [6, 6.07) is 6.86. The maximum absolute atomic E-state index is 11.7. The van der Waals surface area contributed by atoms with Crippen molar-refractivity contribution in [2.24, 2.45) is 5.16 Å². The second kappa shape index (κ2) is 5.20. The number of carbonyl (C=O) groups excluding carboxylic acids is 1. The summed E-state index contributed by atoms with van der Waals surface area (Å²) in [5.74, 6) is -0.639. The highest BCUT2D eigenvalue weighted by atomic mass is 32.1. The molecule has 0 aliphatic rings. The summed E-state index contributed by atoms with van der Waals surface area (Å²) < 4.78 is 4.53. The minimum atomic E-state index is -0.639. The molecule has 18 heavy (non-hydrogen) atoms. The van der Waals surface area contributed by atoms with Gasteiger partial charge < -0.3 is 10.2 Å². The Morgan fingerprint density at radius 1 is 1.61 bits per heavy atom. The molecule has 0 unspecified atom stereocenters. The zero-order chi connectivity index (χ0) is 13.0. The summed E-state index contributed by atoms with van der Waals surface area (Å²) in [7, 11) is 1.26. The highest BCUT2D eigenvalue weighted by Crippen LogP contribution is 2.24. The van der Waals surface area contributed by atoms with E-state index in [1.54, 1.807) is 24.3 Å². The molecule has 0 radical (unpaired) electrons. The van der Waals surface area contributed by atoms with Crippen LogP contribution in [0, 0.1) is 11.3 Å². The summed E-state index contributed by atoms with van der Waals surface area (Å²) in [5.41, 5.74) is 0.860. The van der Waals surface area contributed by atoms with Gasteiger partial charge in [0.25, 0.3) is 5.91 Å². The molecule has 1 heterocycles. The Labute approximate surface area is 106 Å². The van der Waals surface area contributed by atoms with Crippen LogP contribution >= 0.6 is 11.5 Å². The maximum atomic E-state index is 11.7. The summed E-state index contributed by atoms with van der Waals surface area (Å²) >= 11 is 1.16. The number of aromatic nitrogens is 2. The van der Waals surface area contributed by atoms with Crippen molar-refractivity contribution < 1.29 is 9.63 Å². The summed E-state index contributed by atoms with van der Waals surface area (Å²) in [4.78, 5) is 16.1. The Balaban J connectivity index is 2.30. The number of nitrogens with one attached hydrogen (secondary N) is 1. The van der Waals surface area contributed by atoms with E-state index in [1.165, 1.54) is 7.11 Å². The number of anilines is 1. The SMILES string of the molecule is CON=C(C#N)C(=O)Nc1cccc2nnsc12. The van der Waals surface area contributed by atoms with Gasteiger partial charge in [0.05, 0.1) is 10.4 Å². The topological polar surface area (TPSA) is 100 Å². The van der Waals surface area contributed by atoms with Crippen molar-refractivity contribution in [1.29, 1.82) is 5.26 Å². The molecular weight excluding hydrogens is 254 g/mol. The molecule has 0 saturated carbocycles. The van der Waals surface area contributed by atoms with E-state index in [0.29, 0.717) is 11.2 Å². The van der Waals surface area contributed by atoms with Gasteiger partial charge in [0.1, 0.15) is 18.7 Å². The van der Waals surface area contributed by atoms with Crippen molar-refractivity contribution in [3.05, 3.63) is 18.2 Å². The first-order valence-corrected chi connectivity index (χ1v) is 5.57. The number of oxime groups is 1. The van der Waals surface area contributed by atoms with E-state index in [9.17, 15) is 4.79 Å². The summed E-state index contributed by atoms with van der Waals surface area (Å²) in [6.07, 6.45) is 0. The number of amides is 1. The van der Waals surface area contributed by atoms with Crippen LogP contribution in [0.3, 0.4) is 0 Å². The molecule has 0 aliphatic carbocycles. The van der Waals surface area contributed by atoms with Crippen LogP contribution < -0.4 is 5.32 Å². The van der Waals surface area contributed by atoms with Gasteiger partial charge in [-0.3, -0.25) is 4.79 Å². The van der Waals surface area contributed by atoms with Gasteiger partial charge in [-0.05, 0) is 23.7 Å². The largest absolute Gasteiger partial charge is 0.398 e. The predicted molar refractivity (Wildman–Crippen MR) is 66.1 cm³/mol. The Hall–Kier alpha value is -2.53. The van der Waals surface area contributed by atoms with Gasteiger partial charge in [-0.1, -0.05) is 15.7 Å². The molecule has 0 fully saturated rings. The molecule has 7 nitrogen and oxygen atoms in total. The van der Waals surface area contributed by atoms with Crippen LogP contribution in [0.5, 0.6) is 0 Å². The normalized spacial score (nSPS) is 11.0. The van der Waals surface area contributed by atoms with Crippen molar-refractivity contribution in [1.82, 2.24) is 9.59 Å². The van der Waals surface area contributed by atoms with E-state index in [1.807, 2.05) is 0 Å². The smallest absolute Gasteiger partial charge is 0.288 e. The molecule has 0 bridgehead atoms. The minimum Gasteiger partial charge on any atom is -0.398 e. The van der Waals surface area contributed by atoms with Crippen molar-refractivity contribution in [3.63, 3.8) is 0 Å². The van der Waals surface area contributed by atoms with Crippen LogP contribution in [0.4, 0.5) is 5.69 Å². The van der Waals surface area contributed by atoms with E-state index in [0.717, 1.165) is 16.2 Å². The number of carbonyl (C=O) groups is 1. The maximum Gasteiger partial charge on any atom is 0.288 e. The van der Waals surface area contributed by atoms with Crippen molar-refractivity contribution in [3.8, 4) is 6.07 Å². The second-order valence-corrected chi connectivity index (χ2v) is 3.87. The Morgan fingerprint density at radius 3 is 3.17 bits per heavy atom. The van der Waals surface area contributed by atoms with Crippen molar-refractivity contribution in [2.45, 2.75) is 0 Å². The third-order valence-corrected chi connectivity index (χ3v) is 2.80. The number of nitrogens with zero attached hydrogens (tertiary/aromatic N) is 4. The molecule has 1 N–H and O–H groups in total. The zero-order valence-electron chi connectivity index (χ0n) is 9.25. The highest BCUT2D eigenvalue weighted by molar-refractivity contribution is 7.13. The van der Waals surface area contributed by atoms with Gasteiger partial charge in [0, 0.05) is 0 Å². The van der Waals surface area contributed by atoms with Gasteiger partial charge >= 0.3 is 0 Å². The minimum absolute atomic E-state index is 0.355. The van der Waals surface area contributed by atoms with Gasteiger partial charge in [-0.2, -0.15) is 5.26 Å². The number of rotatable bonds is 3. The lowest BCUT2D eigenvalue weighted by Crippen LogP contribution is -2.21. The monoisotopic (exact) mass is 261 g/mol. The standard InChI is InChI=1S/C10H7N5O2S/c1-17-14-8(5-11)10(16)12-6-3-2-4-7-9(6)18-15-13-7/h2-4H,1H3,(H,12,16). The van der Waals surface area contributed by atoms with Gasteiger partial charge in [0.2, 0.25) is 5.71 Å². The Kier molecular flexibility index (Phi) is 3.45. The first kappa shape index (κ1) is 11.9. The Morgan fingerprint density at radius 2 is 2.44 bits per heavy atom. The molecule has 2 rings (SSSR count). The van der Waals surface area contributed by atoms with E-state index in [4.69, 9.17) is 5.26 Å². The molecule has 8 heteroatoms. The molecule has 0 spiro atoms. The predicted octanol–water partition coefficient (Wildman–Crippen LogP) is 1.16. The lowest BCUT2D eigenvalue weighted by molar-refractivity contribution is -0.110. The molecule has 0 saturated heterocycles. The first-order chi connectivity index (χ1) is 8.76. The van der Waals surface area contributed by atoms with E-state index >= 15 is 0 Å². The van der Waals surface area contributed by atoms with Crippen LogP contribution in [-0.4, -0.2) is 28.3 Å². The van der Waals surface area contributed by atoms with E-state index < -0.39 is 5.91 Å². The molecule has 90 valence electrons. The lowest BCUT2D eigenvalue weighted by Gasteiger charge is -2.03. The molecule has 1 aromatic carbocycles. The highest BCUT2D eigenvalue weighted by Gasteiger charge is 2.14. The van der Waals surface area contributed by atoms with Crippen LogP contribution in [-0.2, 0) is 9.63 Å². The van der Waals surface area contributed by atoms with Crippen LogP contribution in [0.25, 0.3) is 10.2 Å².